The lowest BCUT2D eigenvalue weighted by molar-refractivity contribution is 0.00589. The Morgan fingerprint density at radius 1 is 1.50 bits per heavy atom. The molecule has 6 heteroatoms. The second-order valence-corrected chi connectivity index (χ2v) is 3.95. The molecule has 0 radical (unpaired) electrons. The van der Waals surface area contributed by atoms with Crippen molar-refractivity contribution in [3.63, 3.8) is 0 Å². The van der Waals surface area contributed by atoms with Gasteiger partial charge < -0.3 is 10.5 Å². The van der Waals surface area contributed by atoms with Gasteiger partial charge in [0.1, 0.15) is 5.60 Å². The summed E-state index contributed by atoms with van der Waals surface area (Å²) in [6.45, 7) is 5.35. The van der Waals surface area contributed by atoms with E-state index in [1.807, 2.05) is 0 Å². The Kier molecular flexibility index (Phi) is 2.46. The average molecular weight is 198 g/mol. The van der Waals surface area contributed by atoms with Crippen LogP contribution in [0, 0.1) is 0 Å². The highest BCUT2D eigenvalue weighted by molar-refractivity contribution is 5.92. The zero-order valence-electron chi connectivity index (χ0n) is 8.74. The van der Waals surface area contributed by atoms with Crippen LogP contribution in [0.3, 0.4) is 0 Å². The van der Waals surface area contributed by atoms with Crippen molar-refractivity contribution < 1.29 is 9.53 Å². The lowest BCUT2D eigenvalue weighted by Gasteiger charge is -2.19. The van der Waals surface area contributed by atoms with Crippen molar-refractivity contribution in [2.24, 2.45) is 7.05 Å². The van der Waals surface area contributed by atoms with E-state index in [0.717, 1.165) is 0 Å². The molecular formula is C8H14N4O2. The number of aryl methyl sites for hydroxylation is 1. The van der Waals surface area contributed by atoms with Crippen molar-refractivity contribution in [3.05, 3.63) is 5.69 Å². The number of hydrogen-bond acceptors (Lipinski definition) is 5. The summed E-state index contributed by atoms with van der Waals surface area (Å²) in [5.74, 6) is -0.427. The van der Waals surface area contributed by atoms with Gasteiger partial charge in [-0.1, -0.05) is 5.21 Å². The van der Waals surface area contributed by atoms with E-state index in [4.69, 9.17) is 10.5 Å². The number of nitrogens with zero attached hydrogens (tertiary/aromatic N) is 3. The van der Waals surface area contributed by atoms with Crippen LogP contribution < -0.4 is 5.73 Å². The van der Waals surface area contributed by atoms with E-state index < -0.39 is 11.6 Å². The van der Waals surface area contributed by atoms with E-state index in [9.17, 15) is 4.79 Å². The molecule has 0 unspecified atom stereocenters. The topological polar surface area (TPSA) is 83.0 Å². The first kappa shape index (κ1) is 10.5. The molecule has 0 saturated carbocycles. The Hall–Kier alpha value is -1.59. The molecule has 0 amide bonds. The number of rotatable bonds is 1. The molecule has 0 aliphatic heterocycles. The Morgan fingerprint density at radius 2 is 2.07 bits per heavy atom. The van der Waals surface area contributed by atoms with Crippen molar-refractivity contribution in [1.29, 1.82) is 0 Å². The number of carbonyl (C=O) groups excluding carboxylic acids is 1. The zero-order valence-corrected chi connectivity index (χ0v) is 8.74. The molecular weight excluding hydrogens is 184 g/mol. The third kappa shape index (κ3) is 2.21. The minimum absolute atomic E-state index is 0.0850. The first-order chi connectivity index (χ1) is 6.31. The molecule has 1 aromatic rings. The normalized spacial score (nSPS) is 11.4. The number of hydrogen-bond donors (Lipinski definition) is 1. The van der Waals surface area contributed by atoms with Crippen molar-refractivity contribution in [2.45, 2.75) is 26.4 Å². The van der Waals surface area contributed by atoms with Crippen LogP contribution >= 0.6 is 0 Å². The third-order valence-electron chi connectivity index (χ3n) is 1.45. The van der Waals surface area contributed by atoms with Crippen molar-refractivity contribution in [1.82, 2.24) is 15.0 Å². The fraction of sp³-hybridized carbons (Fsp3) is 0.625. The maximum atomic E-state index is 11.6. The van der Waals surface area contributed by atoms with Crippen LogP contribution in [0.15, 0.2) is 0 Å². The molecule has 78 valence electrons. The van der Waals surface area contributed by atoms with E-state index >= 15 is 0 Å². The standard InChI is InChI=1S/C8H14N4O2/c1-8(2,3)14-7(13)5-6(9)10-11-12(5)4/h9H2,1-4H3. The SMILES string of the molecule is Cn1nnc(N)c1C(=O)OC(C)(C)C. The largest absolute Gasteiger partial charge is 0.455 e. The van der Waals surface area contributed by atoms with Gasteiger partial charge in [0.15, 0.2) is 11.5 Å². The highest BCUT2D eigenvalue weighted by Crippen LogP contribution is 2.14. The van der Waals surface area contributed by atoms with Gasteiger partial charge in [-0.05, 0) is 20.8 Å². The number of carbonyl (C=O) groups is 1. The third-order valence-corrected chi connectivity index (χ3v) is 1.45. The number of ether oxygens (including phenoxy) is 1. The van der Waals surface area contributed by atoms with E-state index in [-0.39, 0.29) is 11.5 Å². The number of nitrogen functional groups attached to an aromatic ring is 1. The Labute approximate surface area is 82.0 Å². The molecule has 1 rings (SSSR count). The number of esters is 1. The number of nitrogens with two attached hydrogens (primary N) is 1. The number of aromatic nitrogens is 3. The van der Waals surface area contributed by atoms with Gasteiger partial charge in [0.25, 0.3) is 0 Å². The molecule has 0 fully saturated rings. The molecule has 0 aliphatic carbocycles. The summed E-state index contributed by atoms with van der Waals surface area (Å²) in [5.41, 5.74) is 5.10. The molecule has 2 N–H and O–H groups in total. The van der Waals surface area contributed by atoms with E-state index in [1.54, 1.807) is 27.8 Å². The van der Waals surface area contributed by atoms with Gasteiger partial charge in [-0.25, -0.2) is 9.48 Å². The van der Waals surface area contributed by atoms with Gasteiger partial charge in [0, 0.05) is 7.05 Å². The fourth-order valence-electron chi connectivity index (χ4n) is 0.936. The van der Waals surface area contributed by atoms with Gasteiger partial charge in [0.05, 0.1) is 0 Å². The maximum absolute atomic E-state index is 11.6. The fourth-order valence-corrected chi connectivity index (χ4v) is 0.936. The van der Waals surface area contributed by atoms with Gasteiger partial charge in [-0.3, -0.25) is 0 Å². The minimum atomic E-state index is -0.548. The molecule has 14 heavy (non-hydrogen) atoms. The maximum Gasteiger partial charge on any atom is 0.361 e. The molecule has 0 spiro atoms. The molecule has 1 aromatic heterocycles. The van der Waals surface area contributed by atoms with Crippen molar-refractivity contribution >= 4 is 11.8 Å². The van der Waals surface area contributed by atoms with Gasteiger partial charge in [0.2, 0.25) is 0 Å². The minimum Gasteiger partial charge on any atom is -0.455 e. The predicted molar refractivity (Wildman–Crippen MR) is 50.6 cm³/mol. The summed E-state index contributed by atoms with van der Waals surface area (Å²) in [7, 11) is 1.59. The van der Waals surface area contributed by atoms with Crippen LogP contribution in [0.2, 0.25) is 0 Å². The second-order valence-electron chi connectivity index (χ2n) is 3.95. The molecule has 0 aromatic carbocycles. The molecule has 0 saturated heterocycles. The first-order valence-corrected chi connectivity index (χ1v) is 4.20. The molecule has 0 atom stereocenters. The zero-order chi connectivity index (χ0) is 10.9. The van der Waals surface area contributed by atoms with E-state index in [0.29, 0.717) is 0 Å². The van der Waals surface area contributed by atoms with Crippen molar-refractivity contribution in [3.8, 4) is 0 Å². The molecule has 0 aliphatic rings. The highest BCUT2D eigenvalue weighted by Gasteiger charge is 2.23. The first-order valence-electron chi connectivity index (χ1n) is 4.20. The molecule has 1 heterocycles. The van der Waals surface area contributed by atoms with Crippen LogP contribution in [0.1, 0.15) is 31.3 Å². The smallest absolute Gasteiger partial charge is 0.361 e. The van der Waals surface area contributed by atoms with E-state index in [2.05, 4.69) is 10.3 Å². The Bertz CT molecular complexity index is 331. The quantitative estimate of drug-likeness (QED) is 0.658. The Balaban J connectivity index is 2.90. The highest BCUT2D eigenvalue weighted by atomic mass is 16.6. The molecule has 0 bridgehead atoms. The average Bonchev–Trinajstić information content (AvgIpc) is 2.27. The molecule has 6 nitrogen and oxygen atoms in total. The summed E-state index contributed by atoms with van der Waals surface area (Å²) in [6, 6.07) is 0. The van der Waals surface area contributed by atoms with Gasteiger partial charge in [-0.2, -0.15) is 0 Å². The van der Waals surface area contributed by atoms with Crippen LogP contribution in [0.25, 0.3) is 0 Å². The van der Waals surface area contributed by atoms with Crippen LogP contribution in [-0.4, -0.2) is 26.6 Å². The predicted octanol–water partition coefficient (Wildman–Crippen LogP) is 0.353. The monoisotopic (exact) mass is 198 g/mol. The van der Waals surface area contributed by atoms with Gasteiger partial charge >= 0.3 is 5.97 Å². The Morgan fingerprint density at radius 3 is 2.43 bits per heavy atom. The van der Waals surface area contributed by atoms with Crippen LogP contribution in [0.5, 0.6) is 0 Å². The van der Waals surface area contributed by atoms with Crippen molar-refractivity contribution in [2.75, 3.05) is 5.73 Å². The summed E-state index contributed by atoms with van der Waals surface area (Å²) >= 11 is 0. The summed E-state index contributed by atoms with van der Waals surface area (Å²) < 4.78 is 6.42. The second kappa shape index (κ2) is 3.28. The summed E-state index contributed by atoms with van der Waals surface area (Å²) in [6.07, 6.45) is 0. The van der Waals surface area contributed by atoms with Gasteiger partial charge in [-0.15, -0.1) is 5.10 Å². The lowest BCUT2D eigenvalue weighted by atomic mass is 10.2. The van der Waals surface area contributed by atoms with Crippen LogP contribution in [-0.2, 0) is 11.8 Å². The summed E-state index contributed by atoms with van der Waals surface area (Å²) in [5, 5.41) is 7.17. The number of anilines is 1. The van der Waals surface area contributed by atoms with Crippen LogP contribution in [0.4, 0.5) is 5.82 Å². The summed E-state index contributed by atoms with van der Waals surface area (Å²) in [4.78, 5) is 11.6. The lowest BCUT2D eigenvalue weighted by Crippen LogP contribution is -2.25. The van der Waals surface area contributed by atoms with E-state index in [1.165, 1.54) is 4.68 Å².